The van der Waals surface area contributed by atoms with E-state index in [0.29, 0.717) is 53.0 Å². The van der Waals surface area contributed by atoms with Crippen LogP contribution in [0.3, 0.4) is 0 Å². The fourth-order valence-corrected chi connectivity index (χ4v) is 4.69. The van der Waals surface area contributed by atoms with Crippen molar-refractivity contribution in [3.05, 3.63) is 41.0 Å². The first-order valence-electron chi connectivity index (χ1n) is 9.97. The van der Waals surface area contributed by atoms with Gasteiger partial charge in [0.05, 0.1) is 17.4 Å². The van der Waals surface area contributed by atoms with E-state index in [4.69, 9.17) is 16.3 Å². The molecule has 0 atom stereocenters. The summed E-state index contributed by atoms with van der Waals surface area (Å²) in [5.74, 6) is 0.0750. The Balaban J connectivity index is 1.63. The largest absolute Gasteiger partial charge is 0.476 e. The summed E-state index contributed by atoms with van der Waals surface area (Å²) in [5, 5.41) is 5.26. The molecular formula is C21H23ClN4O4S. The van der Waals surface area contributed by atoms with Crippen molar-refractivity contribution in [3.8, 4) is 17.1 Å². The molecule has 0 spiro atoms. The van der Waals surface area contributed by atoms with Crippen LogP contribution in [-0.4, -0.2) is 40.9 Å². The zero-order chi connectivity index (χ0) is 22.3. The van der Waals surface area contributed by atoms with Gasteiger partial charge in [-0.05, 0) is 43.0 Å². The number of carbonyl (C=O) groups excluding carboxylic acids is 1. The van der Waals surface area contributed by atoms with E-state index >= 15 is 0 Å². The van der Waals surface area contributed by atoms with Gasteiger partial charge in [-0.25, -0.2) is 18.1 Å². The lowest BCUT2D eigenvalue weighted by molar-refractivity contribution is 0.0981. The van der Waals surface area contributed by atoms with Crippen molar-refractivity contribution in [2.45, 2.75) is 31.9 Å². The van der Waals surface area contributed by atoms with Crippen LogP contribution in [0, 0.1) is 5.92 Å². The van der Waals surface area contributed by atoms with E-state index < -0.39 is 21.2 Å². The number of rotatable bonds is 7. The molecule has 1 amide bonds. The van der Waals surface area contributed by atoms with Crippen molar-refractivity contribution in [2.24, 2.45) is 13.0 Å². The lowest BCUT2D eigenvalue weighted by atomic mass is 10.1. The topological polar surface area (TPSA) is 103 Å². The highest BCUT2D eigenvalue weighted by Crippen LogP contribution is 2.32. The quantitative estimate of drug-likeness (QED) is 0.576. The van der Waals surface area contributed by atoms with Crippen LogP contribution in [0.1, 0.15) is 37.0 Å². The number of nitrogens with one attached hydrogen (secondary N) is 1. The second-order valence-electron chi connectivity index (χ2n) is 8.10. The smallest absolute Gasteiger partial charge is 0.264 e. The van der Waals surface area contributed by atoms with Crippen molar-refractivity contribution in [1.82, 2.24) is 19.5 Å². The molecule has 2 heterocycles. The average Bonchev–Trinajstić information content (AvgIpc) is 3.52. The number of pyridine rings is 1. The number of ether oxygens (including phenoxy) is 1. The number of nitrogens with zero attached hydrogens (tertiary/aromatic N) is 3. The van der Waals surface area contributed by atoms with Gasteiger partial charge >= 0.3 is 0 Å². The summed E-state index contributed by atoms with van der Waals surface area (Å²) in [7, 11) is -1.86. The van der Waals surface area contributed by atoms with Crippen LogP contribution in [0.15, 0.2) is 30.5 Å². The molecule has 8 nitrogen and oxygen atoms in total. The Morgan fingerprint density at radius 2 is 2.06 bits per heavy atom. The van der Waals surface area contributed by atoms with Crippen molar-refractivity contribution in [2.75, 3.05) is 6.61 Å². The lowest BCUT2D eigenvalue weighted by Crippen LogP contribution is -2.33. The number of aryl methyl sites for hydroxylation is 1. The molecule has 4 rings (SSSR count). The summed E-state index contributed by atoms with van der Waals surface area (Å²) < 4.78 is 33.5. The first-order valence-corrected chi connectivity index (χ1v) is 11.9. The molecule has 0 aliphatic heterocycles. The Labute approximate surface area is 185 Å². The normalized spacial score (nSPS) is 14.2. The van der Waals surface area contributed by atoms with Crippen molar-refractivity contribution >= 4 is 38.4 Å². The van der Waals surface area contributed by atoms with Gasteiger partial charge in [0.1, 0.15) is 10.7 Å². The van der Waals surface area contributed by atoms with Crippen LogP contribution < -0.4 is 9.46 Å². The van der Waals surface area contributed by atoms with Crippen molar-refractivity contribution in [3.63, 3.8) is 0 Å². The highest BCUT2D eigenvalue weighted by Gasteiger charge is 2.37. The molecule has 0 unspecified atom stereocenters. The predicted molar refractivity (Wildman–Crippen MR) is 119 cm³/mol. The van der Waals surface area contributed by atoms with Gasteiger partial charge in [-0.3, -0.25) is 9.48 Å². The van der Waals surface area contributed by atoms with E-state index in [-0.39, 0.29) is 5.56 Å². The minimum atomic E-state index is -3.61. The second kappa shape index (κ2) is 8.12. The summed E-state index contributed by atoms with van der Waals surface area (Å²) in [4.78, 5) is 16.8. The number of carbonyl (C=O) groups is 1. The fraction of sp³-hybridized carbons (Fsp3) is 0.381. The maximum absolute atomic E-state index is 12.5. The Kier molecular flexibility index (Phi) is 5.65. The van der Waals surface area contributed by atoms with E-state index in [2.05, 4.69) is 14.8 Å². The molecule has 0 saturated heterocycles. The number of halogens is 1. The zero-order valence-corrected chi connectivity index (χ0v) is 19.0. The Bertz CT molecular complexity index is 1270. The third-order valence-electron chi connectivity index (χ3n) is 4.95. The molecule has 164 valence electrons. The Morgan fingerprint density at radius 1 is 1.32 bits per heavy atom. The molecule has 0 radical (unpaired) electrons. The van der Waals surface area contributed by atoms with Crippen LogP contribution in [-0.2, 0) is 17.1 Å². The molecule has 3 aromatic rings. The molecule has 1 saturated carbocycles. The van der Waals surface area contributed by atoms with E-state index in [0.717, 1.165) is 5.39 Å². The van der Waals surface area contributed by atoms with Crippen molar-refractivity contribution in [1.29, 1.82) is 0 Å². The average molecular weight is 463 g/mol. The summed E-state index contributed by atoms with van der Waals surface area (Å²) >= 11 is 6.35. The summed E-state index contributed by atoms with van der Waals surface area (Å²) in [5.41, 5.74) is 2.29. The Hall–Kier alpha value is -2.65. The van der Waals surface area contributed by atoms with E-state index in [1.165, 1.54) is 0 Å². The van der Waals surface area contributed by atoms with Gasteiger partial charge in [-0.1, -0.05) is 25.4 Å². The van der Waals surface area contributed by atoms with Crippen LogP contribution in [0.4, 0.5) is 0 Å². The minimum absolute atomic E-state index is 0.250. The summed E-state index contributed by atoms with van der Waals surface area (Å²) in [6.45, 7) is 4.59. The SMILES string of the molecule is CC(C)COc1ncc(-c2nn(C)c3cc(C(=O)NS(=O)(=O)C4CC4)ccc23)cc1Cl. The third-order valence-corrected chi connectivity index (χ3v) is 7.04. The first-order chi connectivity index (χ1) is 14.7. The number of fused-ring (bicyclic) bond motifs is 1. The van der Waals surface area contributed by atoms with Crippen LogP contribution >= 0.6 is 11.6 Å². The Morgan fingerprint density at radius 3 is 2.71 bits per heavy atom. The first kappa shape index (κ1) is 21.6. The molecule has 1 aromatic carbocycles. The molecule has 10 heteroatoms. The monoisotopic (exact) mass is 462 g/mol. The van der Waals surface area contributed by atoms with E-state index in [1.807, 2.05) is 13.8 Å². The molecule has 0 bridgehead atoms. The lowest BCUT2D eigenvalue weighted by Gasteiger charge is -2.09. The van der Waals surface area contributed by atoms with Gasteiger partial charge in [0, 0.05) is 29.8 Å². The molecular weight excluding hydrogens is 440 g/mol. The number of aromatic nitrogens is 3. The van der Waals surface area contributed by atoms with Gasteiger partial charge in [0.15, 0.2) is 0 Å². The molecule has 1 fully saturated rings. The number of sulfonamides is 1. The third kappa shape index (κ3) is 4.52. The van der Waals surface area contributed by atoms with E-state index in [9.17, 15) is 13.2 Å². The minimum Gasteiger partial charge on any atom is -0.476 e. The van der Waals surface area contributed by atoms with Gasteiger partial charge < -0.3 is 4.74 Å². The van der Waals surface area contributed by atoms with Gasteiger partial charge in [0.2, 0.25) is 15.9 Å². The zero-order valence-electron chi connectivity index (χ0n) is 17.4. The molecule has 1 aliphatic rings. The molecule has 1 N–H and O–H groups in total. The summed E-state index contributed by atoms with van der Waals surface area (Å²) in [6.07, 6.45) is 2.82. The number of benzene rings is 1. The van der Waals surface area contributed by atoms with E-state index in [1.54, 1.807) is 42.2 Å². The fourth-order valence-electron chi connectivity index (χ4n) is 3.17. The van der Waals surface area contributed by atoms with Gasteiger partial charge in [0.25, 0.3) is 5.91 Å². The number of amides is 1. The number of hydrogen-bond acceptors (Lipinski definition) is 6. The maximum atomic E-state index is 12.5. The number of hydrogen-bond donors (Lipinski definition) is 1. The summed E-state index contributed by atoms with van der Waals surface area (Å²) in [6, 6.07) is 6.70. The molecule has 2 aromatic heterocycles. The molecule has 31 heavy (non-hydrogen) atoms. The maximum Gasteiger partial charge on any atom is 0.264 e. The van der Waals surface area contributed by atoms with Gasteiger partial charge in [-0.2, -0.15) is 5.10 Å². The second-order valence-corrected chi connectivity index (χ2v) is 10.5. The van der Waals surface area contributed by atoms with Crippen molar-refractivity contribution < 1.29 is 17.9 Å². The predicted octanol–water partition coefficient (Wildman–Crippen LogP) is 3.55. The van der Waals surface area contributed by atoms with Crippen LogP contribution in [0.5, 0.6) is 5.88 Å². The van der Waals surface area contributed by atoms with Gasteiger partial charge in [-0.15, -0.1) is 0 Å². The highest BCUT2D eigenvalue weighted by molar-refractivity contribution is 7.91. The highest BCUT2D eigenvalue weighted by atomic mass is 35.5. The van der Waals surface area contributed by atoms with Crippen LogP contribution in [0.25, 0.3) is 22.2 Å². The molecule has 1 aliphatic carbocycles. The van der Waals surface area contributed by atoms with Crippen LogP contribution in [0.2, 0.25) is 5.02 Å². The standard InChI is InChI=1S/C21H23ClN4O4S/c1-12(2)11-30-21-17(22)8-14(10-23-21)19-16-7-4-13(9-18(16)26(3)24-19)20(27)25-31(28,29)15-5-6-15/h4,7-10,12,15H,5-6,11H2,1-3H3,(H,25,27).